The molecule has 1 aromatic carbocycles. The van der Waals surface area contributed by atoms with Crippen molar-refractivity contribution in [2.75, 3.05) is 31.1 Å². The summed E-state index contributed by atoms with van der Waals surface area (Å²) in [6.45, 7) is 8.64. The molecule has 0 bridgehead atoms. The minimum absolute atomic E-state index is 1.06. The maximum atomic E-state index is 3.97. The van der Waals surface area contributed by atoms with Gasteiger partial charge in [0.05, 0.1) is 0 Å². The number of aryl methyl sites for hydroxylation is 2. The minimum Gasteiger partial charge on any atom is -0.456 e. The van der Waals surface area contributed by atoms with Crippen molar-refractivity contribution >= 4 is 5.69 Å². The Morgan fingerprint density at radius 1 is 1.07 bits per heavy atom. The van der Waals surface area contributed by atoms with Crippen LogP contribution in [-0.2, 0) is 0 Å². The SMILES string of the molecule is [CH2-]N1CCN(c2ccc(C)cc2C)CC1. The first-order chi connectivity index (χ1) is 7.16. The molecule has 1 aromatic rings. The third kappa shape index (κ3) is 2.32. The predicted molar refractivity (Wildman–Crippen MR) is 65.1 cm³/mol. The summed E-state index contributed by atoms with van der Waals surface area (Å²) in [7, 11) is 3.97. The van der Waals surface area contributed by atoms with Crippen LogP contribution in [0.3, 0.4) is 0 Å². The Morgan fingerprint density at radius 2 is 1.73 bits per heavy atom. The van der Waals surface area contributed by atoms with Crippen LogP contribution in [0.25, 0.3) is 0 Å². The zero-order chi connectivity index (χ0) is 10.8. The number of piperazine rings is 1. The van der Waals surface area contributed by atoms with E-state index in [0.717, 1.165) is 26.2 Å². The molecule has 0 amide bonds. The first-order valence-electron chi connectivity index (χ1n) is 5.54. The van der Waals surface area contributed by atoms with Crippen LogP contribution >= 0.6 is 0 Å². The second kappa shape index (κ2) is 4.23. The molecular weight excluding hydrogens is 184 g/mol. The summed E-state index contributed by atoms with van der Waals surface area (Å²) in [6.07, 6.45) is 0. The fourth-order valence-electron chi connectivity index (χ4n) is 2.15. The van der Waals surface area contributed by atoms with E-state index in [0.29, 0.717) is 0 Å². The zero-order valence-electron chi connectivity index (χ0n) is 9.66. The highest BCUT2D eigenvalue weighted by Gasteiger charge is 2.12. The van der Waals surface area contributed by atoms with E-state index in [9.17, 15) is 0 Å². The molecule has 82 valence electrons. The second-order valence-corrected chi connectivity index (χ2v) is 4.40. The maximum Gasteiger partial charge on any atom is 0.0396 e. The summed E-state index contributed by atoms with van der Waals surface area (Å²) in [5.74, 6) is 0. The number of anilines is 1. The van der Waals surface area contributed by atoms with Gasteiger partial charge in [-0.05, 0) is 38.6 Å². The molecule has 0 atom stereocenters. The Kier molecular flexibility index (Phi) is 2.96. The molecule has 0 N–H and O–H groups in total. The lowest BCUT2D eigenvalue weighted by Gasteiger charge is -2.39. The van der Waals surface area contributed by atoms with Crippen LogP contribution in [0, 0.1) is 20.9 Å². The normalized spacial score (nSPS) is 18.2. The average Bonchev–Trinajstić information content (AvgIpc) is 2.20. The summed E-state index contributed by atoms with van der Waals surface area (Å²) >= 11 is 0. The number of hydrogen-bond donors (Lipinski definition) is 0. The lowest BCUT2D eigenvalue weighted by Crippen LogP contribution is -2.43. The highest BCUT2D eigenvalue weighted by Crippen LogP contribution is 2.22. The molecule has 15 heavy (non-hydrogen) atoms. The highest BCUT2D eigenvalue weighted by molar-refractivity contribution is 5.54. The Morgan fingerprint density at radius 3 is 2.33 bits per heavy atom. The Balaban J connectivity index is 2.15. The number of hydrogen-bond acceptors (Lipinski definition) is 2. The van der Waals surface area contributed by atoms with Gasteiger partial charge in [0.15, 0.2) is 0 Å². The molecule has 1 saturated heterocycles. The molecule has 2 rings (SSSR count). The van der Waals surface area contributed by atoms with Crippen molar-refractivity contribution < 1.29 is 0 Å². The van der Waals surface area contributed by atoms with Gasteiger partial charge in [0.25, 0.3) is 0 Å². The molecule has 1 heterocycles. The van der Waals surface area contributed by atoms with Crippen LogP contribution in [0.4, 0.5) is 5.69 Å². The van der Waals surface area contributed by atoms with Crippen LogP contribution in [0.15, 0.2) is 18.2 Å². The first kappa shape index (κ1) is 10.5. The van der Waals surface area contributed by atoms with Crippen molar-refractivity contribution in [2.45, 2.75) is 13.8 Å². The molecule has 2 heteroatoms. The van der Waals surface area contributed by atoms with Gasteiger partial charge in [0.2, 0.25) is 0 Å². The van der Waals surface area contributed by atoms with Crippen LogP contribution in [0.1, 0.15) is 11.1 Å². The molecule has 0 saturated carbocycles. The van der Waals surface area contributed by atoms with Gasteiger partial charge in [-0.25, -0.2) is 0 Å². The Labute approximate surface area is 92.5 Å². The molecular formula is C13H19N2-. The lowest BCUT2D eigenvalue weighted by molar-refractivity contribution is 0.344. The Bertz CT molecular complexity index is 338. The summed E-state index contributed by atoms with van der Waals surface area (Å²) in [4.78, 5) is 4.59. The monoisotopic (exact) mass is 203 g/mol. The van der Waals surface area contributed by atoms with E-state index in [2.05, 4.69) is 48.9 Å². The molecule has 1 fully saturated rings. The third-order valence-corrected chi connectivity index (χ3v) is 3.07. The predicted octanol–water partition coefficient (Wildman–Crippen LogP) is 2.22. The fourth-order valence-corrected chi connectivity index (χ4v) is 2.15. The van der Waals surface area contributed by atoms with Gasteiger partial charge in [-0.1, -0.05) is 17.7 Å². The molecule has 1 aliphatic heterocycles. The molecule has 0 unspecified atom stereocenters. The molecule has 0 spiro atoms. The van der Waals surface area contributed by atoms with Gasteiger partial charge in [0, 0.05) is 18.8 Å². The van der Waals surface area contributed by atoms with Gasteiger partial charge in [-0.3, -0.25) is 7.05 Å². The standard InChI is InChI=1S/C13H19N2/c1-11-4-5-13(12(2)10-11)15-8-6-14(3)7-9-15/h4-5,10H,3,6-9H2,1-2H3/q-1. The molecule has 0 radical (unpaired) electrons. The van der Waals surface area contributed by atoms with Crippen LogP contribution < -0.4 is 4.90 Å². The van der Waals surface area contributed by atoms with Crippen LogP contribution in [0.5, 0.6) is 0 Å². The topological polar surface area (TPSA) is 6.48 Å². The van der Waals surface area contributed by atoms with Crippen LogP contribution in [-0.4, -0.2) is 31.1 Å². The van der Waals surface area contributed by atoms with Crippen molar-refractivity contribution in [2.24, 2.45) is 0 Å². The second-order valence-electron chi connectivity index (χ2n) is 4.40. The van der Waals surface area contributed by atoms with E-state index >= 15 is 0 Å². The van der Waals surface area contributed by atoms with E-state index < -0.39 is 0 Å². The summed E-state index contributed by atoms with van der Waals surface area (Å²) in [6, 6.07) is 6.69. The van der Waals surface area contributed by atoms with Crippen molar-refractivity contribution in [3.05, 3.63) is 36.4 Å². The average molecular weight is 203 g/mol. The van der Waals surface area contributed by atoms with Gasteiger partial charge < -0.3 is 9.80 Å². The van der Waals surface area contributed by atoms with Gasteiger partial charge in [0.1, 0.15) is 0 Å². The Hall–Kier alpha value is -1.02. The van der Waals surface area contributed by atoms with Crippen molar-refractivity contribution in [1.29, 1.82) is 0 Å². The maximum absolute atomic E-state index is 3.97. The van der Waals surface area contributed by atoms with Crippen molar-refractivity contribution in [1.82, 2.24) is 4.90 Å². The lowest BCUT2D eigenvalue weighted by atomic mass is 10.1. The highest BCUT2D eigenvalue weighted by atomic mass is 15.2. The van der Waals surface area contributed by atoms with E-state index in [-0.39, 0.29) is 0 Å². The number of rotatable bonds is 1. The first-order valence-corrected chi connectivity index (χ1v) is 5.54. The van der Waals surface area contributed by atoms with E-state index in [1.165, 1.54) is 16.8 Å². The van der Waals surface area contributed by atoms with Gasteiger partial charge in [-0.15, -0.1) is 0 Å². The molecule has 0 aliphatic carbocycles. The number of nitrogens with zero attached hydrogens (tertiary/aromatic N) is 2. The fraction of sp³-hybridized carbons (Fsp3) is 0.462. The van der Waals surface area contributed by atoms with E-state index in [1.807, 2.05) is 0 Å². The summed E-state index contributed by atoms with van der Waals surface area (Å²) in [5, 5.41) is 0. The molecule has 2 nitrogen and oxygen atoms in total. The van der Waals surface area contributed by atoms with Gasteiger partial charge >= 0.3 is 0 Å². The van der Waals surface area contributed by atoms with E-state index in [1.54, 1.807) is 0 Å². The van der Waals surface area contributed by atoms with E-state index in [4.69, 9.17) is 0 Å². The van der Waals surface area contributed by atoms with Crippen molar-refractivity contribution in [3.8, 4) is 0 Å². The summed E-state index contributed by atoms with van der Waals surface area (Å²) < 4.78 is 0. The largest absolute Gasteiger partial charge is 0.456 e. The zero-order valence-corrected chi connectivity index (χ0v) is 9.66. The summed E-state index contributed by atoms with van der Waals surface area (Å²) in [5.41, 5.74) is 4.10. The van der Waals surface area contributed by atoms with Crippen LogP contribution in [0.2, 0.25) is 0 Å². The smallest absolute Gasteiger partial charge is 0.0396 e. The number of benzene rings is 1. The van der Waals surface area contributed by atoms with Gasteiger partial charge in [-0.2, -0.15) is 0 Å². The quantitative estimate of drug-likeness (QED) is 0.646. The third-order valence-electron chi connectivity index (χ3n) is 3.07. The molecule has 0 aromatic heterocycles. The van der Waals surface area contributed by atoms with Crippen molar-refractivity contribution in [3.63, 3.8) is 0 Å². The minimum atomic E-state index is 1.06. The molecule has 1 aliphatic rings.